The number of amides is 1. The number of anilines is 1. The quantitative estimate of drug-likeness (QED) is 0.621. The first-order valence-electron chi connectivity index (χ1n) is 5.12. The second-order valence-corrected chi connectivity index (χ2v) is 5.06. The molecule has 0 atom stereocenters. The predicted molar refractivity (Wildman–Crippen MR) is 74.4 cm³/mol. The minimum Gasteiger partial charge on any atom is -0.492 e. The number of hydrogen-bond acceptors (Lipinski definition) is 4. The number of ether oxygens (including phenoxy) is 1. The first-order valence-corrected chi connectivity index (χ1v) is 6.34. The van der Waals surface area contributed by atoms with Crippen LogP contribution in [0.4, 0.5) is 5.69 Å². The number of thioether (sulfide) groups is 1. The highest BCUT2D eigenvalue weighted by Gasteiger charge is 2.33. The minimum absolute atomic E-state index is 0.174. The molecule has 0 N–H and O–H groups in total. The highest BCUT2D eigenvalue weighted by Crippen LogP contribution is 2.38. The predicted octanol–water partition coefficient (Wildman–Crippen LogP) is 2.96. The number of nitrogens with zero attached hydrogens (tertiary/aromatic N) is 1. The monoisotopic (exact) mass is 265 g/mol. The molecular formula is C12H11NO2S2. The largest absolute Gasteiger partial charge is 0.492 e. The summed E-state index contributed by atoms with van der Waals surface area (Å²) in [5.41, 5.74) is 0.676. The van der Waals surface area contributed by atoms with Crippen molar-refractivity contribution in [1.29, 1.82) is 0 Å². The lowest BCUT2D eigenvalue weighted by Crippen LogP contribution is -2.27. The zero-order valence-corrected chi connectivity index (χ0v) is 10.9. The van der Waals surface area contributed by atoms with Gasteiger partial charge in [-0.15, -0.1) is 0 Å². The third kappa shape index (κ3) is 2.21. The van der Waals surface area contributed by atoms with E-state index in [0.29, 0.717) is 27.3 Å². The summed E-state index contributed by atoms with van der Waals surface area (Å²) in [5.74, 6) is 0.480. The molecule has 1 fully saturated rings. The summed E-state index contributed by atoms with van der Waals surface area (Å²) in [6.07, 6.45) is 0. The number of benzene rings is 1. The van der Waals surface area contributed by atoms with Crippen molar-refractivity contribution in [3.63, 3.8) is 0 Å². The van der Waals surface area contributed by atoms with Gasteiger partial charge in [-0.05, 0) is 19.1 Å². The van der Waals surface area contributed by atoms with Gasteiger partial charge in [-0.2, -0.15) is 0 Å². The molecule has 1 aromatic rings. The van der Waals surface area contributed by atoms with Crippen molar-refractivity contribution in [2.24, 2.45) is 0 Å². The van der Waals surface area contributed by atoms with Gasteiger partial charge < -0.3 is 4.74 Å². The van der Waals surface area contributed by atoms with Crippen molar-refractivity contribution in [1.82, 2.24) is 0 Å². The molecule has 17 heavy (non-hydrogen) atoms. The molecule has 0 bridgehead atoms. The maximum Gasteiger partial charge on any atom is 0.270 e. The van der Waals surface area contributed by atoms with Gasteiger partial charge in [0, 0.05) is 0 Å². The number of carbonyl (C=O) groups is 1. The molecule has 1 heterocycles. The molecule has 5 heteroatoms. The van der Waals surface area contributed by atoms with E-state index in [1.165, 1.54) is 16.7 Å². The van der Waals surface area contributed by atoms with E-state index in [0.717, 1.165) is 0 Å². The summed E-state index contributed by atoms with van der Waals surface area (Å²) in [6.45, 7) is 6.12. The van der Waals surface area contributed by atoms with Crippen molar-refractivity contribution in [3.8, 4) is 5.75 Å². The Morgan fingerprint density at radius 3 is 2.76 bits per heavy atom. The first-order chi connectivity index (χ1) is 8.15. The Morgan fingerprint density at radius 2 is 2.18 bits per heavy atom. The summed E-state index contributed by atoms with van der Waals surface area (Å²) in [7, 11) is 0. The summed E-state index contributed by atoms with van der Waals surface area (Å²) in [4.78, 5) is 13.8. The van der Waals surface area contributed by atoms with Gasteiger partial charge in [0.25, 0.3) is 5.91 Å². The Labute approximate surface area is 109 Å². The Bertz CT molecular complexity index is 499. The van der Waals surface area contributed by atoms with Gasteiger partial charge in [0.1, 0.15) is 5.75 Å². The van der Waals surface area contributed by atoms with E-state index in [2.05, 4.69) is 6.58 Å². The maximum absolute atomic E-state index is 11.9. The lowest BCUT2D eigenvalue weighted by atomic mass is 10.2. The fourth-order valence-electron chi connectivity index (χ4n) is 1.53. The highest BCUT2D eigenvalue weighted by atomic mass is 32.2. The zero-order chi connectivity index (χ0) is 12.4. The smallest absolute Gasteiger partial charge is 0.270 e. The fourth-order valence-corrected chi connectivity index (χ4v) is 2.67. The molecule has 0 unspecified atom stereocenters. The zero-order valence-electron chi connectivity index (χ0n) is 9.30. The van der Waals surface area contributed by atoms with Crippen LogP contribution in [0.5, 0.6) is 5.75 Å². The fraction of sp³-hybridized carbons (Fsp3) is 0.167. The van der Waals surface area contributed by atoms with Gasteiger partial charge in [0.05, 0.1) is 17.2 Å². The van der Waals surface area contributed by atoms with Crippen molar-refractivity contribution in [2.45, 2.75) is 6.92 Å². The van der Waals surface area contributed by atoms with Gasteiger partial charge in [-0.1, -0.05) is 42.7 Å². The number of hydrogen-bond donors (Lipinski definition) is 0. The molecule has 0 aliphatic carbocycles. The second-order valence-electron chi connectivity index (χ2n) is 3.33. The van der Waals surface area contributed by atoms with Crippen LogP contribution in [0.2, 0.25) is 0 Å². The molecule has 1 aromatic carbocycles. The molecule has 0 radical (unpaired) electrons. The number of carbonyl (C=O) groups excluding carboxylic acids is 1. The Balaban J connectivity index is 2.43. The van der Waals surface area contributed by atoms with Gasteiger partial charge >= 0.3 is 0 Å². The molecule has 1 aliphatic rings. The van der Waals surface area contributed by atoms with Gasteiger partial charge in [-0.25, -0.2) is 0 Å². The number of rotatable bonds is 3. The van der Waals surface area contributed by atoms with E-state index in [-0.39, 0.29) is 5.91 Å². The summed E-state index contributed by atoms with van der Waals surface area (Å²) >= 11 is 6.39. The highest BCUT2D eigenvalue weighted by molar-refractivity contribution is 8.27. The van der Waals surface area contributed by atoms with Crippen LogP contribution in [-0.4, -0.2) is 16.8 Å². The lowest BCUT2D eigenvalue weighted by Gasteiger charge is -2.18. The minimum atomic E-state index is -0.174. The summed E-state index contributed by atoms with van der Waals surface area (Å²) in [5, 5.41) is 0. The second kappa shape index (κ2) is 4.89. The van der Waals surface area contributed by atoms with Crippen molar-refractivity contribution >= 4 is 39.9 Å². The maximum atomic E-state index is 11.9. The van der Waals surface area contributed by atoms with Crippen molar-refractivity contribution in [2.75, 3.05) is 11.5 Å². The molecule has 3 nitrogen and oxygen atoms in total. The number of thiocarbonyl (C=S) groups is 1. The molecule has 0 spiro atoms. The number of para-hydroxylation sites is 2. The van der Waals surface area contributed by atoms with Crippen LogP contribution in [-0.2, 0) is 4.79 Å². The first kappa shape index (κ1) is 12.1. The Morgan fingerprint density at radius 1 is 1.47 bits per heavy atom. The topological polar surface area (TPSA) is 29.5 Å². The average molecular weight is 265 g/mol. The van der Waals surface area contributed by atoms with Crippen LogP contribution in [0.1, 0.15) is 6.92 Å². The molecule has 2 rings (SSSR count). The van der Waals surface area contributed by atoms with Crippen molar-refractivity contribution < 1.29 is 9.53 Å². The van der Waals surface area contributed by atoms with E-state index in [4.69, 9.17) is 17.0 Å². The van der Waals surface area contributed by atoms with Crippen molar-refractivity contribution in [3.05, 3.63) is 35.7 Å². The normalized spacial score (nSPS) is 15.6. The third-order valence-electron chi connectivity index (χ3n) is 2.24. The Kier molecular flexibility index (Phi) is 3.49. The van der Waals surface area contributed by atoms with E-state index < -0.39 is 0 Å². The summed E-state index contributed by atoms with van der Waals surface area (Å²) < 4.78 is 5.98. The Hall–Kier alpha value is -1.33. The van der Waals surface area contributed by atoms with E-state index in [1.807, 2.05) is 31.2 Å². The van der Waals surface area contributed by atoms with E-state index >= 15 is 0 Å². The van der Waals surface area contributed by atoms with Gasteiger partial charge in [0.2, 0.25) is 0 Å². The summed E-state index contributed by atoms with van der Waals surface area (Å²) in [6, 6.07) is 7.34. The van der Waals surface area contributed by atoms with Crippen LogP contribution in [0, 0.1) is 0 Å². The average Bonchev–Trinajstić information content (AvgIpc) is 2.55. The third-order valence-corrected chi connectivity index (χ3v) is 3.45. The molecule has 1 aliphatic heterocycles. The van der Waals surface area contributed by atoms with Crippen LogP contribution < -0.4 is 9.64 Å². The molecular weight excluding hydrogens is 254 g/mol. The molecule has 1 amide bonds. The van der Waals surface area contributed by atoms with Crippen LogP contribution in [0.25, 0.3) is 0 Å². The molecule has 1 saturated heterocycles. The molecule has 0 saturated carbocycles. The van der Waals surface area contributed by atoms with Crippen LogP contribution in [0.15, 0.2) is 35.7 Å². The van der Waals surface area contributed by atoms with E-state index in [9.17, 15) is 4.79 Å². The van der Waals surface area contributed by atoms with Gasteiger partial charge in [-0.3, -0.25) is 9.69 Å². The van der Waals surface area contributed by atoms with E-state index in [1.54, 1.807) is 0 Å². The van der Waals surface area contributed by atoms with Gasteiger partial charge in [0.15, 0.2) is 4.32 Å². The molecule has 88 valence electrons. The lowest BCUT2D eigenvalue weighted by molar-refractivity contribution is -0.113. The SMILES string of the molecule is C=C1SC(=S)N(c2ccccc2OCC)C1=O. The van der Waals surface area contributed by atoms with Crippen LogP contribution >= 0.6 is 24.0 Å². The standard InChI is InChI=1S/C12H11NO2S2/c1-3-15-10-7-5-4-6-9(10)13-11(14)8(2)17-12(13)16/h4-7H,2-3H2,1H3. The molecule has 0 aromatic heterocycles. The van der Waals surface area contributed by atoms with Crippen LogP contribution in [0.3, 0.4) is 0 Å².